The zero-order chi connectivity index (χ0) is 51.2. The van der Waals surface area contributed by atoms with Crippen molar-refractivity contribution < 1.29 is 28.7 Å². The van der Waals surface area contributed by atoms with Gasteiger partial charge in [0.25, 0.3) is 0 Å². The van der Waals surface area contributed by atoms with Crippen LogP contribution in [0.1, 0.15) is 191 Å². The molecule has 0 N–H and O–H groups in total. The molecule has 0 saturated carbocycles. The van der Waals surface area contributed by atoms with Gasteiger partial charge in [0, 0.05) is 52.9 Å². The molecule has 73 heavy (non-hydrogen) atoms. The van der Waals surface area contributed by atoms with Crippen molar-refractivity contribution in [3.05, 3.63) is 201 Å². The summed E-state index contributed by atoms with van der Waals surface area (Å²) in [5.74, 6) is 11.9. The van der Waals surface area contributed by atoms with Gasteiger partial charge in [-0.1, -0.05) is 199 Å². The Morgan fingerprint density at radius 2 is 0.534 bits per heavy atom. The number of ether oxygens (including phenoxy) is 2. The standard InChI is InChI=1S/C33H36O5.C33H36O.B/c1-3-4-5-6-7-8-9-10-23-38-29-21-19-28(20-22-29)33(37)32(36)27-17-15-26(16-18-27)31(35)30(34)25-13-11-24(2)12-14-25;1-3-4-5-6-7-8-9-10-27-34-33-25-23-32(24-26-33)22-21-31-19-17-30(18-20-31)16-15-29-13-11-28(2)12-14-29;/h11-22H,3-10,23H2,1-2H3;11-14,17-20,23-26H,3-10,27H2,1-2H3;. The number of rotatable bonds is 26. The van der Waals surface area contributed by atoms with E-state index in [-0.39, 0.29) is 25.1 Å². The summed E-state index contributed by atoms with van der Waals surface area (Å²) in [6, 6.07) is 43.3. The molecule has 0 bridgehead atoms. The van der Waals surface area contributed by atoms with E-state index >= 15 is 0 Å². The fourth-order valence-electron chi connectivity index (χ4n) is 7.75. The minimum Gasteiger partial charge on any atom is -0.494 e. The van der Waals surface area contributed by atoms with Gasteiger partial charge in [-0.15, -0.1) is 0 Å². The van der Waals surface area contributed by atoms with E-state index in [0.717, 1.165) is 59.4 Å². The van der Waals surface area contributed by atoms with Gasteiger partial charge in [-0.25, -0.2) is 0 Å². The summed E-state index contributed by atoms with van der Waals surface area (Å²) >= 11 is 0. The number of aryl methyl sites for hydroxylation is 2. The van der Waals surface area contributed by atoms with Crippen LogP contribution in [0.2, 0.25) is 0 Å². The summed E-state index contributed by atoms with van der Waals surface area (Å²) in [4.78, 5) is 50.5. The lowest BCUT2D eigenvalue weighted by atomic mass is 9.97. The molecule has 0 fully saturated rings. The van der Waals surface area contributed by atoms with Crippen LogP contribution in [-0.2, 0) is 0 Å². The smallest absolute Gasteiger partial charge is 0.233 e. The first-order valence-electron chi connectivity index (χ1n) is 26.1. The first-order chi connectivity index (χ1) is 35.1. The Hall–Kier alpha value is -7.22. The Labute approximate surface area is 438 Å². The van der Waals surface area contributed by atoms with Gasteiger partial charge < -0.3 is 9.47 Å². The van der Waals surface area contributed by atoms with Gasteiger partial charge in [0.2, 0.25) is 23.1 Å². The molecule has 0 atom stereocenters. The molecule has 0 aromatic heterocycles. The van der Waals surface area contributed by atoms with Gasteiger partial charge in [-0.3, -0.25) is 19.2 Å². The fourth-order valence-corrected chi connectivity index (χ4v) is 7.75. The summed E-state index contributed by atoms with van der Waals surface area (Å²) in [7, 11) is 0. The van der Waals surface area contributed by atoms with E-state index in [4.69, 9.17) is 9.47 Å². The molecule has 6 aromatic carbocycles. The Morgan fingerprint density at radius 3 is 0.849 bits per heavy atom. The highest BCUT2D eigenvalue weighted by atomic mass is 16.5. The van der Waals surface area contributed by atoms with Crippen LogP contribution in [0.4, 0.5) is 0 Å². The van der Waals surface area contributed by atoms with Crippen molar-refractivity contribution in [2.45, 2.75) is 130 Å². The van der Waals surface area contributed by atoms with E-state index in [1.54, 1.807) is 48.5 Å². The van der Waals surface area contributed by atoms with Gasteiger partial charge in [0.05, 0.1) is 13.2 Å². The molecule has 6 aromatic rings. The highest BCUT2D eigenvalue weighted by molar-refractivity contribution is 6.50. The molecule has 0 aliphatic rings. The van der Waals surface area contributed by atoms with E-state index in [0.29, 0.717) is 17.9 Å². The van der Waals surface area contributed by atoms with Gasteiger partial charge >= 0.3 is 0 Å². The predicted octanol–water partition coefficient (Wildman–Crippen LogP) is 15.6. The Morgan fingerprint density at radius 1 is 0.315 bits per heavy atom. The number of unbranched alkanes of at least 4 members (excludes halogenated alkanes) is 14. The van der Waals surface area contributed by atoms with Crippen LogP contribution in [0, 0.1) is 37.5 Å². The minimum absolute atomic E-state index is 0. The molecule has 0 saturated heterocycles. The number of benzene rings is 6. The molecule has 6 nitrogen and oxygen atoms in total. The Balaban J connectivity index is 0.000000314. The molecule has 0 amide bonds. The number of carbonyl (C=O) groups excluding carboxylic acids is 4. The highest BCUT2D eigenvalue weighted by Crippen LogP contribution is 2.18. The summed E-state index contributed by atoms with van der Waals surface area (Å²) in [5.41, 5.74) is 7.12. The average Bonchev–Trinajstić information content (AvgIpc) is 3.42. The van der Waals surface area contributed by atoms with E-state index in [2.05, 4.69) is 68.7 Å². The number of hydrogen-bond donors (Lipinski definition) is 0. The molecule has 7 heteroatoms. The second-order valence-corrected chi connectivity index (χ2v) is 18.4. The minimum atomic E-state index is -0.679. The lowest BCUT2D eigenvalue weighted by Gasteiger charge is -2.07. The first-order valence-corrected chi connectivity index (χ1v) is 26.1. The third-order valence-electron chi connectivity index (χ3n) is 12.3. The SMILES string of the molecule is CCCCCCCCCCOc1ccc(C#Cc2ccc(C#Cc3ccc(C)cc3)cc2)cc1.CCCCCCCCCCOc1ccc(C(=O)C(=O)c2ccc(C(=O)C(=O)c3ccc(C)cc3)cc2)cc1.[B]. The molecule has 0 aliphatic heterocycles. The molecule has 6 rings (SSSR count). The second-order valence-electron chi connectivity index (χ2n) is 18.4. The molecule has 0 aliphatic carbocycles. The molecule has 0 unspecified atom stereocenters. The normalized spacial score (nSPS) is 10.2. The maximum absolute atomic E-state index is 12.7. The van der Waals surface area contributed by atoms with Crippen LogP contribution in [0.3, 0.4) is 0 Å². The lowest BCUT2D eigenvalue weighted by molar-refractivity contribution is 0.0814. The van der Waals surface area contributed by atoms with Crippen molar-refractivity contribution in [3.8, 4) is 35.2 Å². The van der Waals surface area contributed by atoms with Crippen LogP contribution in [0.5, 0.6) is 11.5 Å². The number of ketones is 4. The quantitative estimate of drug-likeness (QED) is 0.0177. The third-order valence-corrected chi connectivity index (χ3v) is 12.3. The van der Waals surface area contributed by atoms with Crippen molar-refractivity contribution in [1.82, 2.24) is 0 Å². The van der Waals surface area contributed by atoms with Crippen molar-refractivity contribution in [2.24, 2.45) is 0 Å². The van der Waals surface area contributed by atoms with E-state index < -0.39 is 23.1 Å². The van der Waals surface area contributed by atoms with Gasteiger partial charge in [-0.05, 0) is 112 Å². The molecule has 0 spiro atoms. The van der Waals surface area contributed by atoms with Gasteiger partial charge in [0.1, 0.15) is 11.5 Å². The van der Waals surface area contributed by atoms with Crippen molar-refractivity contribution in [1.29, 1.82) is 0 Å². The average molecular weight is 972 g/mol. The molecular formula is C66H72BO6. The maximum Gasteiger partial charge on any atom is 0.233 e. The lowest BCUT2D eigenvalue weighted by Crippen LogP contribution is -2.16. The summed E-state index contributed by atoms with van der Waals surface area (Å²) in [5, 5.41) is 0. The third kappa shape index (κ3) is 21.6. The van der Waals surface area contributed by atoms with Crippen molar-refractivity contribution in [2.75, 3.05) is 13.2 Å². The summed E-state index contributed by atoms with van der Waals surface area (Å²) in [6.45, 7) is 9.88. The van der Waals surface area contributed by atoms with Crippen LogP contribution in [-0.4, -0.2) is 44.8 Å². The van der Waals surface area contributed by atoms with Gasteiger partial charge in [-0.2, -0.15) is 0 Å². The number of Topliss-reactive ketones (excluding diaryl/α,β-unsaturated/α-hetero) is 4. The number of hydrogen-bond acceptors (Lipinski definition) is 6. The summed E-state index contributed by atoms with van der Waals surface area (Å²) < 4.78 is 11.6. The second kappa shape index (κ2) is 33.4. The monoisotopic (exact) mass is 972 g/mol. The van der Waals surface area contributed by atoms with Crippen LogP contribution in [0.25, 0.3) is 0 Å². The van der Waals surface area contributed by atoms with Crippen molar-refractivity contribution >= 4 is 31.5 Å². The van der Waals surface area contributed by atoms with Crippen molar-refractivity contribution in [3.63, 3.8) is 0 Å². The Kier molecular flexibility index (Phi) is 26.7. The predicted molar refractivity (Wildman–Crippen MR) is 299 cm³/mol. The maximum atomic E-state index is 12.7. The largest absolute Gasteiger partial charge is 0.494 e. The first kappa shape index (κ1) is 58.4. The topological polar surface area (TPSA) is 86.7 Å². The highest BCUT2D eigenvalue weighted by Gasteiger charge is 2.21. The number of carbonyl (C=O) groups is 4. The van der Waals surface area contributed by atoms with Crippen LogP contribution in [0.15, 0.2) is 146 Å². The zero-order valence-corrected chi connectivity index (χ0v) is 43.6. The molecule has 3 radical (unpaired) electrons. The summed E-state index contributed by atoms with van der Waals surface area (Å²) in [6.07, 6.45) is 20.3. The molecule has 375 valence electrons. The van der Waals surface area contributed by atoms with E-state index in [9.17, 15) is 19.2 Å². The Bertz CT molecular complexity index is 2710. The van der Waals surface area contributed by atoms with Crippen LogP contribution >= 0.6 is 0 Å². The molecular weight excluding hydrogens is 900 g/mol. The van der Waals surface area contributed by atoms with Crippen LogP contribution < -0.4 is 9.47 Å². The molecule has 0 heterocycles. The van der Waals surface area contributed by atoms with Gasteiger partial charge in [0.15, 0.2) is 0 Å². The van der Waals surface area contributed by atoms with E-state index in [1.807, 2.05) is 55.5 Å². The zero-order valence-electron chi connectivity index (χ0n) is 43.6. The fraction of sp³-hybridized carbons (Fsp3) is 0.333. The van der Waals surface area contributed by atoms with E-state index in [1.165, 1.54) is 113 Å².